The molecule has 0 spiro atoms. The zero-order chi connectivity index (χ0) is 9.84. The fourth-order valence-electron chi connectivity index (χ4n) is 1.02. The highest BCUT2D eigenvalue weighted by Gasteiger charge is 2.10. The van der Waals surface area contributed by atoms with Crippen molar-refractivity contribution in [3.63, 3.8) is 0 Å². The van der Waals surface area contributed by atoms with E-state index in [1.165, 1.54) is 0 Å². The summed E-state index contributed by atoms with van der Waals surface area (Å²) in [4.78, 5) is 0. The van der Waals surface area contributed by atoms with Crippen LogP contribution in [0.5, 0.6) is 5.75 Å². The summed E-state index contributed by atoms with van der Waals surface area (Å²) in [5, 5.41) is 8.65. The second-order valence-corrected chi connectivity index (χ2v) is 3.41. The maximum Gasteiger partial charge on any atom is 0.124 e. The van der Waals surface area contributed by atoms with Crippen LogP contribution in [0.2, 0.25) is 0 Å². The molecule has 68 valence electrons. The number of hydrogen-bond acceptors (Lipinski definition) is 3. The third-order valence-corrected chi connectivity index (χ3v) is 2.16. The van der Waals surface area contributed by atoms with E-state index in [0.29, 0.717) is 11.3 Å². The van der Waals surface area contributed by atoms with Crippen LogP contribution >= 0.6 is 15.9 Å². The van der Waals surface area contributed by atoms with Crippen molar-refractivity contribution >= 4 is 15.9 Å². The minimum Gasteiger partial charge on any atom is -0.496 e. The first kappa shape index (κ1) is 10.0. The lowest BCUT2D eigenvalue weighted by Crippen LogP contribution is -2.08. The first-order valence-corrected chi connectivity index (χ1v) is 4.47. The summed E-state index contributed by atoms with van der Waals surface area (Å²) < 4.78 is 5.95. The molecule has 1 rings (SSSR count). The lowest BCUT2D eigenvalue weighted by Gasteiger charge is -2.09. The van der Waals surface area contributed by atoms with Gasteiger partial charge < -0.3 is 10.5 Å². The summed E-state index contributed by atoms with van der Waals surface area (Å²) in [5.74, 6) is 0.636. The summed E-state index contributed by atoms with van der Waals surface area (Å²) in [7, 11) is 1.55. The Hall–Kier alpha value is -1.05. The van der Waals surface area contributed by atoms with Gasteiger partial charge in [0.1, 0.15) is 11.8 Å². The third-order valence-electron chi connectivity index (χ3n) is 1.67. The van der Waals surface area contributed by atoms with E-state index in [2.05, 4.69) is 15.9 Å². The molecule has 0 saturated heterocycles. The first-order chi connectivity index (χ1) is 6.19. The van der Waals surface area contributed by atoms with Crippen LogP contribution in [0, 0.1) is 11.3 Å². The van der Waals surface area contributed by atoms with Gasteiger partial charge in [-0.15, -0.1) is 0 Å². The summed E-state index contributed by atoms with van der Waals surface area (Å²) in [6, 6.07) is 6.71. The van der Waals surface area contributed by atoms with Crippen molar-refractivity contribution in [1.29, 1.82) is 5.26 Å². The minimum atomic E-state index is -0.646. The van der Waals surface area contributed by atoms with Crippen LogP contribution in [0.25, 0.3) is 0 Å². The summed E-state index contributed by atoms with van der Waals surface area (Å²) in [6.07, 6.45) is 0. The molecule has 0 saturated carbocycles. The molecule has 1 aromatic carbocycles. The van der Waals surface area contributed by atoms with Gasteiger partial charge in [0.2, 0.25) is 0 Å². The number of ether oxygens (including phenoxy) is 1. The molecule has 0 aromatic heterocycles. The van der Waals surface area contributed by atoms with Crippen LogP contribution in [0.1, 0.15) is 11.6 Å². The van der Waals surface area contributed by atoms with E-state index in [1.54, 1.807) is 19.2 Å². The molecule has 13 heavy (non-hydrogen) atoms. The van der Waals surface area contributed by atoms with Crippen LogP contribution in [0.4, 0.5) is 0 Å². The summed E-state index contributed by atoms with van der Waals surface area (Å²) >= 11 is 3.30. The first-order valence-electron chi connectivity index (χ1n) is 3.67. The van der Waals surface area contributed by atoms with Gasteiger partial charge in [-0.25, -0.2) is 0 Å². The Balaban J connectivity index is 3.17. The van der Waals surface area contributed by atoms with E-state index >= 15 is 0 Å². The predicted octanol–water partition coefficient (Wildman–Crippen LogP) is 1.98. The molecule has 0 aliphatic rings. The van der Waals surface area contributed by atoms with Crippen LogP contribution in [0.3, 0.4) is 0 Å². The lowest BCUT2D eigenvalue weighted by molar-refractivity contribution is 0.408. The van der Waals surface area contributed by atoms with E-state index in [-0.39, 0.29) is 0 Å². The number of halogens is 1. The maximum atomic E-state index is 8.65. The van der Waals surface area contributed by atoms with E-state index in [9.17, 15) is 0 Å². The average Bonchev–Trinajstić information content (AvgIpc) is 2.16. The Kier molecular flexibility index (Phi) is 3.29. The standard InChI is InChI=1S/C9H9BrN2O/c1-13-9-3-2-6(10)4-7(9)8(12)5-11/h2-4,8H,12H2,1H3. The molecule has 0 aliphatic heterocycles. The second-order valence-electron chi connectivity index (χ2n) is 2.49. The van der Waals surface area contributed by atoms with Crippen molar-refractivity contribution in [2.45, 2.75) is 6.04 Å². The van der Waals surface area contributed by atoms with Crippen LogP contribution in [-0.4, -0.2) is 7.11 Å². The molecule has 4 heteroatoms. The Morgan fingerprint density at radius 1 is 1.62 bits per heavy atom. The topological polar surface area (TPSA) is 59.0 Å². The number of nitriles is 1. The molecule has 1 atom stereocenters. The van der Waals surface area contributed by atoms with Gasteiger partial charge in [-0.3, -0.25) is 0 Å². The highest BCUT2D eigenvalue weighted by molar-refractivity contribution is 9.10. The van der Waals surface area contributed by atoms with Crippen molar-refractivity contribution in [1.82, 2.24) is 0 Å². The molecular formula is C9H9BrN2O. The molecule has 0 radical (unpaired) electrons. The van der Waals surface area contributed by atoms with E-state index in [1.807, 2.05) is 12.1 Å². The van der Waals surface area contributed by atoms with Gasteiger partial charge in [-0.1, -0.05) is 15.9 Å². The van der Waals surface area contributed by atoms with Gasteiger partial charge in [-0.05, 0) is 18.2 Å². The molecule has 0 bridgehead atoms. The number of nitrogens with zero attached hydrogens (tertiary/aromatic N) is 1. The normalized spacial score (nSPS) is 11.8. The number of rotatable bonds is 2. The number of methoxy groups -OCH3 is 1. The number of nitrogens with two attached hydrogens (primary N) is 1. The molecule has 1 aromatic rings. The van der Waals surface area contributed by atoms with Crippen LogP contribution in [0.15, 0.2) is 22.7 Å². The van der Waals surface area contributed by atoms with Crippen LogP contribution in [-0.2, 0) is 0 Å². The Bertz CT molecular complexity index is 346. The second kappa shape index (κ2) is 4.26. The molecule has 2 N–H and O–H groups in total. The largest absolute Gasteiger partial charge is 0.496 e. The third kappa shape index (κ3) is 2.20. The summed E-state index contributed by atoms with van der Waals surface area (Å²) in [6.45, 7) is 0. The fourth-order valence-corrected chi connectivity index (χ4v) is 1.40. The predicted molar refractivity (Wildman–Crippen MR) is 53.2 cm³/mol. The molecule has 0 aliphatic carbocycles. The Labute approximate surface area is 85.2 Å². The molecular weight excluding hydrogens is 232 g/mol. The molecule has 3 nitrogen and oxygen atoms in total. The number of hydrogen-bond donors (Lipinski definition) is 1. The Morgan fingerprint density at radius 3 is 2.85 bits per heavy atom. The van der Waals surface area contributed by atoms with Gasteiger partial charge in [0, 0.05) is 10.0 Å². The maximum absolute atomic E-state index is 8.65. The summed E-state index contributed by atoms with van der Waals surface area (Å²) in [5.41, 5.74) is 6.27. The fraction of sp³-hybridized carbons (Fsp3) is 0.222. The van der Waals surface area contributed by atoms with Crippen molar-refractivity contribution < 1.29 is 4.74 Å². The molecule has 0 amide bonds. The van der Waals surface area contributed by atoms with Gasteiger partial charge in [0.15, 0.2) is 0 Å². The molecule has 0 fully saturated rings. The SMILES string of the molecule is COc1ccc(Br)cc1C(N)C#N. The highest BCUT2D eigenvalue weighted by Crippen LogP contribution is 2.26. The molecule has 0 heterocycles. The van der Waals surface area contributed by atoms with E-state index in [4.69, 9.17) is 15.7 Å². The van der Waals surface area contributed by atoms with Crippen molar-refractivity contribution in [3.05, 3.63) is 28.2 Å². The minimum absolute atomic E-state index is 0.636. The average molecular weight is 241 g/mol. The Morgan fingerprint density at radius 2 is 2.31 bits per heavy atom. The quantitative estimate of drug-likeness (QED) is 0.861. The van der Waals surface area contributed by atoms with E-state index in [0.717, 1.165) is 4.47 Å². The zero-order valence-electron chi connectivity index (χ0n) is 7.12. The lowest BCUT2D eigenvalue weighted by atomic mass is 10.1. The van der Waals surface area contributed by atoms with Crippen molar-refractivity contribution in [2.75, 3.05) is 7.11 Å². The highest BCUT2D eigenvalue weighted by atomic mass is 79.9. The number of benzene rings is 1. The van der Waals surface area contributed by atoms with Crippen molar-refractivity contribution in [3.8, 4) is 11.8 Å². The van der Waals surface area contributed by atoms with Gasteiger partial charge in [0.05, 0.1) is 13.2 Å². The van der Waals surface area contributed by atoms with Crippen molar-refractivity contribution in [2.24, 2.45) is 5.73 Å². The van der Waals surface area contributed by atoms with Gasteiger partial charge in [0.25, 0.3) is 0 Å². The van der Waals surface area contributed by atoms with Crippen LogP contribution < -0.4 is 10.5 Å². The monoisotopic (exact) mass is 240 g/mol. The van der Waals surface area contributed by atoms with Gasteiger partial charge in [-0.2, -0.15) is 5.26 Å². The zero-order valence-corrected chi connectivity index (χ0v) is 8.71. The molecule has 1 unspecified atom stereocenters. The van der Waals surface area contributed by atoms with Gasteiger partial charge >= 0.3 is 0 Å². The van der Waals surface area contributed by atoms with E-state index < -0.39 is 6.04 Å². The smallest absolute Gasteiger partial charge is 0.124 e.